The molecule has 0 aliphatic heterocycles. The summed E-state index contributed by atoms with van der Waals surface area (Å²) in [7, 11) is 4.51. The zero-order valence-corrected chi connectivity index (χ0v) is 18.7. The fourth-order valence-corrected chi connectivity index (χ4v) is 3.98. The first-order chi connectivity index (χ1) is 16.1. The Morgan fingerprint density at radius 1 is 0.818 bits per heavy atom. The van der Waals surface area contributed by atoms with Gasteiger partial charge in [-0.3, -0.25) is 4.79 Å². The van der Waals surface area contributed by atoms with E-state index in [4.69, 9.17) is 14.2 Å². The summed E-state index contributed by atoms with van der Waals surface area (Å²) in [5.74, 6) is 0.920. The van der Waals surface area contributed by atoms with E-state index in [0.717, 1.165) is 16.3 Å². The summed E-state index contributed by atoms with van der Waals surface area (Å²) in [6.07, 6.45) is 0. The predicted octanol–water partition coefficient (Wildman–Crippen LogP) is 5.09. The van der Waals surface area contributed by atoms with Gasteiger partial charge in [-0.2, -0.15) is 0 Å². The van der Waals surface area contributed by atoms with Gasteiger partial charge >= 0.3 is 0 Å². The maximum Gasteiger partial charge on any atom is 0.252 e. The average Bonchev–Trinajstić information content (AvgIpc) is 2.87. The number of amides is 1. The van der Waals surface area contributed by atoms with Crippen LogP contribution in [0.4, 0.5) is 0 Å². The molecule has 0 radical (unpaired) electrons. The predicted molar refractivity (Wildman–Crippen MR) is 127 cm³/mol. The monoisotopic (exact) mass is 443 g/mol. The maximum absolute atomic E-state index is 13.4. The summed E-state index contributed by atoms with van der Waals surface area (Å²) in [6, 6.07) is 23.4. The molecule has 4 aromatic carbocycles. The Balaban J connectivity index is 1.82. The van der Waals surface area contributed by atoms with Crippen molar-refractivity contribution in [2.45, 2.75) is 6.04 Å². The molecule has 0 saturated carbocycles. The molecule has 0 aromatic heterocycles. The molecule has 1 amide bonds. The zero-order chi connectivity index (χ0) is 23.4. The third kappa shape index (κ3) is 4.28. The number of methoxy groups -OCH3 is 3. The van der Waals surface area contributed by atoms with Crippen LogP contribution in [0.1, 0.15) is 27.5 Å². The molecule has 0 fully saturated rings. The molecular formula is C27H25NO5. The lowest BCUT2D eigenvalue weighted by molar-refractivity contribution is 0.0942. The van der Waals surface area contributed by atoms with Gasteiger partial charge in [-0.25, -0.2) is 0 Å². The Kier molecular flexibility index (Phi) is 6.36. The van der Waals surface area contributed by atoms with Crippen LogP contribution < -0.4 is 19.5 Å². The van der Waals surface area contributed by atoms with Gasteiger partial charge in [-0.05, 0) is 34.5 Å². The topological polar surface area (TPSA) is 77.0 Å². The smallest absolute Gasteiger partial charge is 0.252 e. The minimum atomic E-state index is -0.594. The second kappa shape index (κ2) is 9.53. The van der Waals surface area contributed by atoms with Gasteiger partial charge in [-0.15, -0.1) is 0 Å². The molecule has 0 bridgehead atoms. The second-order valence-electron chi connectivity index (χ2n) is 7.45. The fourth-order valence-electron chi connectivity index (χ4n) is 3.98. The van der Waals surface area contributed by atoms with Gasteiger partial charge in [0, 0.05) is 11.1 Å². The third-order valence-corrected chi connectivity index (χ3v) is 5.57. The van der Waals surface area contributed by atoms with Crippen molar-refractivity contribution in [1.29, 1.82) is 0 Å². The highest BCUT2D eigenvalue weighted by Crippen LogP contribution is 2.39. The van der Waals surface area contributed by atoms with Crippen molar-refractivity contribution in [2.75, 3.05) is 21.3 Å². The third-order valence-electron chi connectivity index (χ3n) is 5.57. The van der Waals surface area contributed by atoms with E-state index in [0.29, 0.717) is 28.4 Å². The Labute approximate surface area is 192 Å². The van der Waals surface area contributed by atoms with E-state index in [9.17, 15) is 9.90 Å². The number of carbonyl (C=O) groups is 1. The van der Waals surface area contributed by atoms with Crippen LogP contribution in [0.15, 0.2) is 78.9 Å². The summed E-state index contributed by atoms with van der Waals surface area (Å²) >= 11 is 0. The highest BCUT2D eigenvalue weighted by Gasteiger charge is 2.24. The van der Waals surface area contributed by atoms with E-state index in [1.165, 1.54) is 21.3 Å². The SMILES string of the molecule is COc1cc(C(=O)N[C@H](c2ccccc2)c2c(O)ccc3ccccc23)cc(OC)c1OC. The molecule has 2 N–H and O–H groups in total. The lowest BCUT2D eigenvalue weighted by Gasteiger charge is -2.23. The Morgan fingerprint density at radius 3 is 2.09 bits per heavy atom. The van der Waals surface area contributed by atoms with Crippen LogP contribution in [0.5, 0.6) is 23.0 Å². The average molecular weight is 443 g/mol. The summed E-state index contributed by atoms with van der Waals surface area (Å²) in [4.78, 5) is 13.4. The number of aromatic hydroxyl groups is 1. The van der Waals surface area contributed by atoms with Gasteiger partial charge < -0.3 is 24.6 Å². The van der Waals surface area contributed by atoms with Crippen LogP contribution in [0.2, 0.25) is 0 Å². The van der Waals surface area contributed by atoms with Crippen LogP contribution in [0, 0.1) is 0 Å². The molecule has 0 heterocycles. The van der Waals surface area contributed by atoms with Crippen LogP contribution in [-0.4, -0.2) is 32.3 Å². The van der Waals surface area contributed by atoms with Crippen molar-refractivity contribution < 1.29 is 24.1 Å². The number of benzene rings is 4. The molecule has 6 heteroatoms. The Bertz CT molecular complexity index is 1260. The van der Waals surface area contributed by atoms with Crippen molar-refractivity contribution in [2.24, 2.45) is 0 Å². The molecule has 33 heavy (non-hydrogen) atoms. The number of carbonyl (C=O) groups excluding carboxylic acids is 1. The van der Waals surface area contributed by atoms with E-state index in [-0.39, 0.29) is 11.7 Å². The Morgan fingerprint density at radius 2 is 1.45 bits per heavy atom. The maximum atomic E-state index is 13.4. The van der Waals surface area contributed by atoms with Crippen molar-refractivity contribution in [1.82, 2.24) is 5.32 Å². The minimum Gasteiger partial charge on any atom is -0.508 e. The van der Waals surface area contributed by atoms with Crippen molar-refractivity contribution in [3.63, 3.8) is 0 Å². The van der Waals surface area contributed by atoms with Crippen molar-refractivity contribution in [3.05, 3.63) is 95.6 Å². The lowest BCUT2D eigenvalue weighted by Crippen LogP contribution is -2.29. The molecule has 4 rings (SSSR count). The van der Waals surface area contributed by atoms with Crippen molar-refractivity contribution >= 4 is 16.7 Å². The number of fused-ring (bicyclic) bond motifs is 1. The first-order valence-electron chi connectivity index (χ1n) is 10.4. The van der Waals surface area contributed by atoms with E-state index < -0.39 is 6.04 Å². The minimum absolute atomic E-state index is 0.104. The van der Waals surface area contributed by atoms with E-state index >= 15 is 0 Å². The highest BCUT2D eigenvalue weighted by molar-refractivity contribution is 5.97. The number of rotatable bonds is 7. The molecule has 168 valence electrons. The van der Waals surface area contributed by atoms with Gasteiger partial charge in [0.05, 0.1) is 27.4 Å². The number of ether oxygens (including phenoxy) is 3. The molecule has 0 spiro atoms. The number of phenolic OH excluding ortho intramolecular Hbond substituents is 1. The van der Waals surface area contributed by atoms with Crippen LogP contribution in [-0.2, 0) is 0 Å². The van der Waals surface area contributed by atoms with Crippen molar-refractivity contribution in [3.8, 4) is 23.0 Å². The molecule has 0 aliphatic carbocycles. The molecule has 4 aromatic rings. The van der Waals surface area contributed by atoms with Crippen LogP contribution >= 0.6 is 0 Å². The standard InChI is InChI=1S/C27H25NO5/c1-31-22-15-19(16-23(32-2)26(22)33-3)27(30)28-25(18-10-5-4-6-11-18)24-20-12-8-7-9-17(20)13-14-21(24)29/h4-16,25,29H,1-3H3,(H,28,30)/t25-/m1/s1. The lowest BCUT2D eigenvalue weighted by atomic mass is 9.92. The normalized spacial score (nSPS) is 11.6. The van der Waals surface area contributed by atoms with Gasteiger partial charge in [0.15, 0.2) is 11.5 Å². The number of hydrogen-bond donors (Lipinski definition) is 2. The van der Waals surface area contributed by atoms with E-state index in [1.807, 2.05) is 60.7 Å². The number of nitrogens with one attached hydrogen (secondary N) is 1. The fraction of sp³-hybridized carbons (Fsp3) is 0.148. The Hall–Kier alpha value is -4.19. The number of hydrogen-bond acceptors (Lipinski definition) is 5. The number of phenols is 1. The second-order valence-corrected chi connectivity index (χ2v) is 7.45. The summed E-state index contributed by atoms with van der Waals surface area (Å²) in [5, 5.41) is 15.8. The molecular weight excluding hydrogens is 418 g/mol. The molecule has 0 saturated heterocycles. The van der Waals surface area contributed by atoms with Gasteiger partial charge in [0.2, 0.25) is 5.75 Å². The molecule has 0 unspecified atom stereocenters. The van der Waals surface area contributed by atoms with Gasteiger partial charge in [-0.1, -0.05) is 60.7 Å². The summed E-state index contributed by atoms with van der Waals surface area (Å²) in [5.41, 5.74) is 1.80. The van der Waals surface area contributed by atoms with Crippen LogP contribution in [0.25, 0.3) is 10.8 Å². The van der Waals surface area contributed by atoms with Gasteiger partial charge in [0.1, 0.15) is 5.75 Å². The summed E-state index contributed by atoms with van der Waals surface area (Å²) < 4.78 is 16.2. The first-order valence-corrected chi connectivity index (χ1v) is 10.4. The van der Waals surface area contributed by atoms with E-state index in [2.05, 4.69) is 5.32 Å². The van der Waals surface area contributed by atoms with Gasteiger partial charge in [0.25, 0.3) is 5.91 Å². The molecule has 0 aliphatic rings. The van der Waals surface area contributed by atoms with E-state index in [1.54, 1.807) is 18.2 Å². The largest absolute Gasteiger partial charge is 0.508 e. The molecule has 6 nitrogen and oxygen atoms in total. The first kappa shape index (κ1) is 22.0. The summed E-state index contributed by atoms with van der Waals surface area (Å²) in [6.45, 7) is 0. The molecule has 1 atom stereocenters. The quantitative estimate of drug-likeness (QED) is 0.416. The van der Waals surface area contributed by atoms with Crippen LogP contribution in [0.3, 0.4) is 0 Å². The zero-order valence-electron chi connectivity index (χ0n) is 18.7. The highest BCUT2D eigenvalue weighted by atomic mass is 16.5.